The minimum Gasteiger partial charge on any atom is -0.465 e. The van der Waals surface area contributed by atoms with Crippen LogP contribution in [0.25, 0.3) is 0 Å². The van der Waals surface area contributed by atoms with Crippen molar-refractivity contribution in [3.8, 4) is 0 Å². The number of hydrogen-bond acceptors (Lipinski definition) is 4. The van der Waals surface area contributed by atoms with Gasteiger partial charge in [-0.05, 0) is 43.9 Å². The number of nitrogens with zero attached hydrogens (tertiary/aromatic N) is 1. The summed E-state index contributed by atoms with van der Waals surface area (Å²) in [6, 6.07) is 4.27. The Morgan fingerprint density at radius 2 is 1.86 bits per heavy atom. The first-order chi connectivity index (χ1) is 13.4. The number of ether oxygens (including phenoxy) is 1. The molecule has 1 heterocycles. The summed E-state index contributed by atoms with van der Waals surface area (Å²) in [5, 5.41) is 5.89. The van der Waals surface area contributed by atoms with Gasteiger partial charge in [0.05, 0.1) is 17.7 Å². The van der Waals surface area contributed by atoms with Crippen LogP contribution >= 0.6 is 11.6 Å². The number of urea groups is 1. The average Bonchev–Trinajstić information content (AvgIpc) is 2.70. The molecule has 0 bridgehead atoms. The van der Waals surface area contributed by atoms with Gasteiger partial charge >= 0.3 is 12.0 Å². The van der Waals surface area contributed by atoms with Gasteiger partial charge in [0.1, 0.15) is 0 Å². The van der Waals surface area contributed by atoms with Crippen LogP contribution in [0, 0.1) is 5.92 Å². The first-order valence-corrected chi connectivity index (χ1v) is 10.0. The molecule has 1 saturated heterocycles. The molecular weight excluding hydrogens is 382 g/mol. The third kappa shape index (κ3) is 5.61. The highest BCUT2D eigenvalue weighted by Gasteiger charge is 2.27. The smallest absolute Gasteiger partial charge is 0.339 e. The molecule has 0 spiro atoms. The van der Waals surface area contributed by atoms with Gasteiger partial charge in [0.15, 0.2) is 0 Å². The molecule has 7 nitrogen and oxygen atoms in total. The summed E-state index contributed by atoms with van der Waals surface area (Å²) in [6.07, 6.45) is 3.13. The number of likely N-dealkylation sites (tertiary alicyclic amines) is 1. The van der Waals surface area contributed by atoms with E-state index in [0.29, 0.717) is 31.6 Å². The van der Waals surface area contributed by atoms with Crippen molar-refractivity contribution in [2.75, 3.05) is 25.5 Å². The monoisotopic (exact) mass is 409 g/mol. The second-order valence-electron chi connectivity index (χ2n) is 6.90. The second-order valence-corrected chi connectivity index (χ2v) is 7.30. The zero-order valence-electron chi connectivity index (χ0n) is 16.6. The number of benzene rings is 1. The highest BCUT2D eigenvalue weighted by atomic mass is 35.5. The summed E-state index contributed by atoms with van der Waals surface area (Å²) < 4.78 is 4.68. The quantitative estimate of drug-likeness (QED) is 0.701. The van der Waals surface area contributed by atoms with E-state index in [1.165, 1.54) is 19.2 Å². The molecule has 154 valence electrons. The number of piperidine rings is 1. The first-order valence-electron chi connectivity index (χ1n) is 9.63. The summed E-state index contributed by atoms with van der Waals surface area (Å²) in [5.41, 5.74) is 0.638. The Morgan fingerprint density at radius 3 is 2.43 bits per heavy atom. The van der Waals surface area contributed by atoms with Crippen LogP contribution < -0.4 is 10.6 Å². The van der Waals surface area contributed by atoms with Crippen LogP contribution in [-0.2, 0) is 9.53 Å². The summed E-state index contributed by atoms with van der Waals surface area (Å²) in [4.78, 5) is 38.3. The van der Waals surface area contributed by atoms with Gasteiger partial charge in [-0.1, -0.05) is 25.4 Å². The van der Waals surface area contributed by atoms with E-state index in [2.05, 4.69) is 15.4 Å². The van der Waals surface area contributed by atoms with Gasteiger partial charge in [-0.15, -0.1) is 0 Å². The van der Waals surface area contributed by atoms with Crippen molar-refractivity contribution in [2.45, 2.75) is 45.6 Å². The van der Waals surface area contributed by atoms with Gasteiger partial charge in [-0.2, -0.15) is 0 Å². The van der Waals surface area contributed by atoms with Crippen LogP contribution in [-0.4, -0.2) is 49.0 Å². The van der Waals surface area contributed by atoms with Crippen molar-refractivity contribution in [3.63, 3.8) is 0 Å². The Hall–Kier alpha value is -2.28. The number of carbonyl (C=O) groups excluding carboxylic acids is 3. The first kappa shape index (κ1) is 22.0. The molecule has 2 rings (SSSR count). The minimum absolute atomic E-state index is 0.00173. The molecule has 1 aliphatic rings. The van der Waals surface area contributed by atoms with E-state index in [4.69, 9.17) is 11.6 Å². The molecule has 0 aromatic heterocycles. The highest BCUT2D eigenvalue weighted by molar-refractivity contribution is 6.33. The number of carbonyl (C=O) groups is 3. The van der Waals surface area contributed by atoms with Crippen LogP contribution in [0.2, 0.25) is 5.02 Å². The predicted molar refractivity (Wildman–Crippen MR) is 109 cm³/mol. The molecule has 28 heavy (non-hydrogen) atoms. The largest absolute Gasteiger partial charge is 0.465 e. The molecule has 2 N–H and O–H groups in total. The molecule has 0 unspecified atom stereocenters. The molecule has 1 aromatic rings. The van der Waals surface area contributed by atoms with Gasteiger partial charge in [0, 0.05) is 30.7 Å². The normalized spacial score (nSPS) is 14.7. The molecule has 8 heteroatoms. The molecule has 1 aliphatic heterocycles. The van der Waals surface area contributed by atoms with E-state index in [0.717, 1.165) is 12.8 Å². The third-order valence-electron chi connectivity index (χ3n) is 5.11. The van der Waals surface area contributed by atoms with E-state index in [9.17, 15) is 14.4 Å². The number of hydrogen-bond donors (Lipinski definition) is 2. The SMILES string of the molecule is CCC(CC)C(=O)N1CCC(NC(=O)Nc2ccc(Cl)c(C(=O)OC)c2)CC1. The van der Waals surface area contributed by atoms with Crippen molar-refractivity contribution < 1.29 is 19.1 Å². The lowest BCUT2D eigenvalue weighted by Gasteiger charge is -2.34. The van der Waals surface area contributed by atoms with Crippen LogP contribution in [0.15, 0.2) is 18.2 Å². The molecule has 3 amide bonds. The van der Waals surface area contributed by atoms with E-state index < -0.39 is 5.97 Å². The summed E-state index contributed by atoms with van der Waals surface area (Å²) in [5.74, 6) is -0.269. The molecule has 0 saturated carbocycles. The van der Waals surface area contributed by atoms with Crippen molar-refractivity contribution >= 4 is 35.2 Å². The summed E-state index contributed by atoms with van der Waals surface area (Å²) in [7, 11) is 1.27. The Balaban J connectivity index is 1.87. The maximum atomic E-state index is 12.4. The second kappa shape index (κ2) is 10.3. The molecule has 0 radical (unpaired) electrons. The average molecular weight is 410 g/mol. The van der Waals surface area contributed by atoms with E-state index >= 15 is 0 Å². The highest BCUT2D eigenvalue weighted by Crippen LogP contribution is 2.22. The van der Waals surface area contributed by atoms with E-state index in [1.807, 2.05) is 18.7 Å². The van der Waals surface area contributed by atoms with E-state index in [-0.39, 0.29) is 34.5 Å². The Bertz CT molecular complexity index is 713. The molecular formula is C20H28ClN3O4. The number of halogens is 1. The predicted octanol–water partition coefficient (Wildman–Crippen LogP) is 3.68. The van der Waals surface area contributed by atoms with Crippen LogP contribution in [0.5, 0.6) is 0 Å². The Kier molecular flexibility index (Phi) is 8.11. The molecule has 1 aromatic carbocycles. The van der Waals surface area contributed by atoms with Gasteiger partial charge < -0.3 is 20.3 Å². The number of methoxy groups -OCH3 is 1. The van der Waals surface area contributed by atoms with Crippen LogP contribution in [0.1, 0.15) is 49.9 Å². The number of esters is 1. The zero-order valence-corrected chi connectivity index (χ0v) is 17.3. The third-order valence-corrected chi connectivity index (χ3v) is 5.44. The van der Waals surface area contributed by atoms with Gasteiger partial charge in [-0.3, -0.25) is 4.79 Å². The zero-order chi connectivity index (χ0) is 20.7. The van der Waals surface area contributed by atoms with Gasteiger partial charge in [0.25, 0.3) is 0 Å². The maximum Gasteiger partial charge on any atom is 0.339 e. The van der Waals surface area contributed by atoms with Gasteiger partial charge in [-0.25, -0.2) is 9.59 Å². The van der Waals surface area contributed by atoms with Gasteiger partial charge in [0.2, 0.25) is 5.91 Å². The topological polar surface area (TPSA) is 87.7 Å². The number of rotatable bonds is 6. The van der Waals surface area contributed by atoms with Crippen molar-refractivity contribution in [1.82, 2.24) is 10.2 Å². The van der Waals surface area contributed by atoms with Crippen molar-refractivity contribution in [1.29, 1.82) is 0 Å². The molecule has 0 atom stereocenters. The maximum absolute atomic E-state index is 12.4. The lowest BCUT2D eigenvalue weighted by atomic mass is 9.98. The van der Waals surface area contributed by atoms with Crippen molar-refractivity contribution in [3.05, 3.63) is 28.8 Å². The van der Waals surface area contributed by atoms with Crippen LogP contribution in [0.3, 0.4) is 0 Å². The number of anilines is 1. The molecule has 1 fully saturated rings. The summed E-state index contributed by atoms with van der Waals surface area (Å²) in [6.45, 7) is 5.36. The fourth-order valence-electron chi connectivity index (χ4n) is 3.36. The lowest BCUT2D eigenvalue weighted by Crippen LogP contribution is -2.48. The lowest BCUT2D eigenvalue weighted by molar-refractivity contribution is -0.136. The molecule has 0 aliphatic carbocycles. The fourth-order valence-corrected chi connectivity index (χ4v) is 3.56. The minimum atomic E-state index is -0.566. The Labute approximate surface area is 170 Å². The van der Waals surface area contributed by atoms with E-state index in [1.54, 1.807) is 6.07 Å². The summed E-state index contributed by atoms with van der Waals surface area (Å²) >= 11 is 5.98. The fraction of sp³-hybridized carbons (Fsp3) is 0.550. The van der Waals surface area contributed by atoms with Crippen LogP contribution in [0.4, 0.5) is 10.5 Å². The Morgan fingerprint density at radius 1 is 1.21 bits per heavy atom. The number of nitrogens with one attached hydrogen (secondary N) is 2. The van der Waals surface area contributed by atoms with Crippen molar-refractivity contribution in [2.24, 2.45) is 5.92 Å². The number of amides is 3. The standard InChI is InChI=1S/C20H28ClN3O4/c1-4-13(5-2)18(25)24-10-8-14(9-11-24)22-20(27)23-15-6-7-17(21)16(12-15)19(26)28-3/h6-7,12-14H,4-5,8-11H2,1-3H3,(H2,22,23,27).